The minimum absolute atomic E-state index is 0.0156. The molecule has 0 saturated carbocycles. The maximum atomic E-state index is 12.6. The average molecular weight is 319 g/mol. The van der Waals surface area contributed by atoms with Crippen LogP contribution >= 0.6 is 11.6 Å². The lowest BCUT2D eigenvalue weighted by atomic mass is 10.2. The highest BCUT2D eigenvalue weighted by Gasteiger charge is 2.35. The number of alkyl halides is 3. The number of methoxy groups -OCH3 is 1. The van der Waals surface area contributed by atoms with Gasteiger partial charge >= 0.3 is 6.18 Å². The van der Waals surface area contributed by atoms with Crippen molar-refractivity contribution >= 4 is 17.4 Å². The zero-order valence-corrected chi connectivity index (χ0v) is 11.5. The van der Waals surface area contributed by atoms with Gasteiger partial charge in [-0.1, -0.05) is 11.6 Å². The molecule has 112 valence electrons. The maximum absolute atomic E-state index is 12.6. The van der Waals surface area contributed by atoms with E-state index in [2.05, 4.69) is 20.3 Å². The van der Waals surface area contributed by atoms with Crippen molar-refractivity contribution in [1.82, 2.24) is 15.0 Å². The normalized spacial score (nSPS) is 11.3. The van der Waals surface area contributed by atoms with Crippen LogP contribution in [0, 0.1) is 0 Å². The fraction of sp³-hybridized carbons (Fsp3) is 0.250. The third kappa shape index (κ3) is 4.19. The number of hydrogen-bond acceptors (Lipinski definition) is 5. The lowest BCUT2D eigenvalue weighted by molar-refractivity contribution is -0.144. The largest absolute Gasteiger partial charge is 0.481 e. The van der Waals surface area contributed by atoms with Gasteiger partial charge in [0.05, 0.1) is 7.11 Å². The third-order valence-corrected chi connectivity index (χ3v) is 2.62. The average Bonchev–Trinajstić information content (AvgIpc) is 2.44. The summed E-state index contributed by atoms with van der Waals surface area (Å²) < 4.78 is 42.7. The molecule has 0 aromatic carbocycles. The van der Waals surface area contributed by atoms with Crippen LogP contribution in [-0.4, -0.2) is 22.1 Å². The van der Waals surface area contributed by atoms with E-state index >= 15 is 0 Å². The quantitative estimate of drug-likeness (QED) is 0.877. The fourth-order valence-electron chi connectivity index (χ4n) is 1.50. The Labute approximate surface area is 123 Å². The van der Waals surface area contributed by atoms with E-state index in [1.807, 2.05) is 0 Å². The number of nitrogens with one attached hydrogen (secondary N) is 1. The Kier molecular flexibility index (Phi) is 4.46. The minimum atomic E-state index is -4.65. The smallest absolute Gasteiger partial charge is 0.451 e. The Morgan fingerprint density at radius 1 is 1.29 bits per heavy atom. The van der Waals surface area contributed by atoms with Crippen molar-refractivity contribution in [3.8, 4) is 5.88 Å². The predicted molar refractivity (Wildman–Crippen MR) is 70.2 cm³/mol. The number of anilines is 1. The van der Waals surface area contributed by atoms with Crippen LogP contribution in [0.2, 0.25) is 5.15 Å². The van der Waals surface area contributed by atoms with Gasteiger partial charge in [-0.2, -0.15) is 13.2 Å². The lowest BCUT2D eigenvalue weighted by Crippen LogP contribution is -2.13. The van der Waals surface area contributed by atoms with Gasteiger partial charge in [0.25, 0.3) is 0 Å². The number of halogens is 4. The molecule has 0 fully saturated rings. The van der Waals surface area contributed by atoms with E-state index in [1.165, 1.54) is 19.4 Å². The summed E-state index contributed by atoms with van der Waals surface area (Å²) in [7, 11) is 1.47. The van der Waals surface area contributed by atoms with Crippen LogP contribution in [-0.2, 0) is 12.7 Å². The molecule has 5 nitrogen and oxygen atoms in total. The van der Waals surface area contributed by atoms with Crippen LogP contribution in [0.25, 0.3) is 0 Å². The molecule has 2 rings (SSSR count). The first-order valence-corrected chi connectivity index (χ1v) is 6.11. The highest BCUT2D eigenvalue weighted by molar-refractivity contribution is 6.29. The first kappa shape index (κ1) is 15.3. The molecule has 2 aromatic rings. The van der Waals surface area contributed by atoms with Gasteiger partial charge in [-0.3, -0.25) is 0 Å². The third-order valence-electron chi connectivity index (χ3n) is 2.43. The SMILES string of the molecule is COc1cc(CNc2cc(Cl)nc(C(F)(F)F)n2)ccn1. The maximum Gasteiger partial charge on any atom is 0.451 e. The van der Waals surface area contributed by atoms with Crippen LogP contribution in [0.4, 0.5) is 19.0 Å². The van der Waals surface area contributed by atoms with E-state index in [-0.39, 0.29) is 17.5 Å². The molecule has 0 amide bonds. The van der Waals surface area contributed by atoms with Crippen molar-refractivity contribution in [3.63, 3.8) is 0 Å². The fourth-order valence-corrected chi connectivity index (χ4v) is 1.68. The van der Waals surface area contributed by atoms with Gasteiger partial charge in [-0.15, -0.1) is 0 Å². The second kappa shape index (κ2) is 6.13. The molecule has 2 aromatic heterocycles. The molecule has 0 aliphatic heterocycles. The first-order chi connectivity index (χ1) is 9.88. The molecule has 0 unspecified atom stereocenters. The first-order valence-electron chi connectivity index (χ1n) is 5.73. The molecule has 0 spiro atoms. The van der Waals surface area contributed by atoms with Gasteiger partial charge in [0.1, 0.15) is 11.0 Å². The molecule has 0 atom stereocenters. The molecule has 0 radical (unpaired) electrons. The van der Waals surface area contributed by atoms with Gasteiger partial charge in [0.15, 0.2) is 0 Å². The number of aromatic nitrogens is 3. The van der Waals surface area contributed by atoms with E-state index in [4.69, 9.17) is 16.3 Å². The Hall–Kier alpha value is -2.09. The molecule has 9 heteroatoms. The van der Waals surface area contributed by atoms with Gasteiger partial charge in [-0.25, -0.2) is 15.0 Å². The van der Waals surface area contributed by atoms with E-state index in [0.717, 1.165) is 5.56 Å². The summed E-state index contributed by atoms with van der Waals surface area (Å²) in [6.07, 6.45) is -3.12. The second-order valence-corrected chi connectivity index (χ2v) is 4.34. The molecule has 0 aliphatic carbocycles. The molecule has 0 bridgehead atoms. The Morgan fingerprint density at radius 2 is 2.05 bits per heavy atom. The summed E-state index contributed by atoms with van der Waals surface area (Å²) >= 11 is 5.56. The van der Waals surface area contributed by atoms with Gasteiger partial charge in [0, 0.05) is 24.9 Å². The molecule has 1 N–H and O–H groups in total. The number of hydrogen-bond donors (Lipinski definition) is 1. The summed E-state index contributed by atoms with van der Waals surface area (Å²) in [6.45, 7) is 0.240. The number of nitrogens with zero attached hydrogens (tertiary/aromatic N) is 3. The predicted octanol–water partition coefficient (Wildman–Crippen LogP) is 3.16. The van der Waals surface area contributed by atoms with Crippen molar-refractivity contribution in [3.05, 3.63) is 40.9 Å². The topological polar surface area (TPSA) is 59.9 Å². The van der Waals surface area contributed by atoms with Gasteiger partial charge < -0.3 is 10.1 Å². The molecule has 0 saturated heterocycles. The monoisotopic (exact) mass is 318 g/mol. The number of pyridine rings is 1. The molecule has 0 aliphatic rings. The summed E-state index contributed by atoms with van der Waals surface area (Å²) in [6, 6.07) is 4.57. The van der Waals surface area contributed by atoms with Crippen LogP contribution in [0.3, 0.4) is 0 Å². The van der Waals surface area contributed by atoms with E-state index in [0.29, 0.717) is 5.88 Å². The van der Waals surface area contributed by atoms with Crippen molar-refractivity contribution in [1.29, 1.82) is 0 Å². The van der Waals surface area contributed by atoms with Crippen molar-refractivity contribution in [2.75, 3.05) is 12.4 Å². The van der Waals surface area contributed by atoms with Gasteiger partial charge in [-0.05, 0) is 11.6 Å². The van der Waals surface area contributed by atoms with Crippen LogP contribution < -0.4 is 10.1 Å². The number of ether oxygens (including phenoxy) is 1. The van der Waals surface area contributed by atoms with Crippen molar-refractivity contribution in [2.45, 2.75) is 12.7 Å². The highest BCUT2D eigenvalue weighted by atomic mass is 35.5. The Bertz CT molecular complexity index is 636. The molecule has 2 heterocycles. The molecule has 21 heavy (non-hydrogen) atoms. The number of rotatable bonds is 4. The summed E-state index contributed by atoms with van der Waals surface area (Å²) in [5.41, 5.74) is 0.769. The lowest BCUT2D eigenvalue weighted by Gasteiger charge is -2.10. The van der Waals surface area contributed by atoms with Crippen LogP contribution in [0.1, 0.15) is 11.4 Å². The Morgan fingerprint density at radius 3 is 2.71 bits per heavy atom. The van der Waals surface area contributed by atoms with Gasteiger partial charge in [0.2, 0.25) is 11.7 Å². The van der Waals surface area contributed by atoms with Crippen LogP contribution in [0.15, 0.2) is 24.4 Å². The molecular weight excluding hydrogens is 309 g/mol. The van der Waals surface area contributed by atoms with Crippen LogP contribution in [0.5, 0.6) is 5.88 Å². The zero-order chi connectivity index (χ0) is 15.5. The van der Waals surface area contributed by atoms with Crippen molar-refractivity contribution in [2.24, 2.45) is 0 Å². The minimum Gasteiger partial charge on any atom is -0.481 e. The van der Waals surface area contributed by atoms with E-state index < -0.39 is 12.0 Å². The summed E-state index contributed by atoms with van der Waals surface area (Å²) in [5, 5.41) is 2.46. The van der Waals surface area contributed by atoms with E-state index in [9.17, 15) is 13.2 Å². The Balaban J connectivity index is 2.14. The summed E-state index contributed by atoms with van der Waals surface area (Å²) in [4.78, 5) is 10.5. The van der Waals surface area contributed by atoms with E-state index in [1.54, 1.807) is 12.1 Å². The zero-order valence-electron chi connectivity index (χ0n) is 10.8. The second-order valence-electron chi connectivity index (χ2n) is 3.96. The highest BCUT2D eigenvalue weighted by Crippen LogP contribution is 2.28. The standard InChI is InChI=1S/C12H10ClF3N4O/c1-21-10-4-7(2-3-17-10)6-18-9-5-8(13)19-11(20-9)12(14,15)16/h2-5H,6H2,1H3,(H,18,19,20). The summed E-state index contributed by atoms with van der Waals surface area (Å²) in [5.74, 6) is -0.895. The molecular formula is C12H10ClF3N4O. The van der Waals surface area contributed by atoms with Crippen molar-refractivity contribution < 1.29 is 17.9 Å².